The maximum absolute atomic E-state index is 12.3. The van der Waals surface area contributed by atoms with Crippen molar-refractivity contribution in [1.29, 1.82) is 0 Å². The first kappa shape index (κ1) is 27.6. The molecule has 4 aromatic rings. The van der Waals surface area contributed by atoms with Gasteiger partial charge >= 0.3 is 0 Å². The summed E-state index contributed by atoms with van der Waals surface area (Å²) in [7, 11) is 4.68. The zero-order valence-electron chi connectivity index (χ0n) is 22.9. The smallest absolute Gasteiger partial charge is 0.220 e. The molecule has 1 amide bonds. The summed E-state index contributed by atoms with van der Waals surface area (Å²) in [6.45, 7) is 6.01. The van der Waals surface area contributed by atoms with Crippen molar-refractivity contribution in [3.05, 3.63) is 36.7 Å². The van der Waals surface area contributed by atoms with Crippen LogP contribution in [0.5, 0.6) is 17.2 Å². The van der Waals surface area contributed by atoms with Gasteiger partial charge in [0, 0.05) is 37.1 Å². The number of aliphatic hydroxyl groups is 1. The van der Waals surface area contributed by atoms with Gasteiger partial charge in [-0.05, 0) is 13.8 Å². The number of aromatic nitrogens is 6. The molecular formula is C26H34N8O5. The van der Waals surface area contributed by atoms with E-state index >= 15 is 0 Å². The molecule has 208 valence electrons. The number of nitrogens with one attached hydrogen (secondary N) is 2. The van der Waals surface area contributed by atoms with Gasteiger partial charge in [0.2, 0.25) is 11.7 Å². The average molecular weight is 539 g/mol. The Hall–Kier alpha value is -4.39. The molecule has 3 heterocycles. The third kappa shape index (κ3) is 5.87. The Morgan fingerprint density at radius 3 is 2.41 bits per heavy atom. The van der Waals surface area contributed by atoms with Gasteiger partial charge in [-0.3, -0.25) is 4.79 Å². The number of carbonyl (C=O) groups excluding carboxylic acids is 1. The third-order valence-corrected chi connectivity index (χ3v) is 6.10. The average Bonchev–Trinajstić information content (AvgIpc) is 3.58. The van der Waals surface area contributed by atoms with Gasteiger partial charge in [-0.25, -0.2) is 19.6 Å². The van der Waals surface area contributed by atoms with Gasteiger partial charge in [0.1, 0.15) is 23.8 Å². The molecule has 0 aliphatic rings. The van der Waals surface area contributed by atoms with E-state index in [4.69, 9.17) is 29.3 Å². The molecule has 0 spiro atoms. The lowest BCUT2D eigenvalue weighted by molar-refractivity contribution is -0.121. The van der Waals surface area contributed by atoms with Gasteiger partial charge in [0.05, 0.1) is 51.4 Å². The highest BCUT2D eigenvalue weighted by molar-refractivity contribution is 5.88. The molecule has 13 nitrogen and oxygen atoms in total. The normalized spacial score (nSPS) is 12.0. The molecule has 0 fully saturated rings. The summed E-state index contributed by atoms with van der Waals surface area (Å²) in [5, 5.41) is 20.2. The predicted octanol–water partition coefficient (Wildman–Crippen LogP) is 2.96. The highest BCUT2D eigenvalue weighted by atomic mass is 16.5. The number of nitrogens with zero attached hydrogens (tertiary/aromatic N) is 6. The first-order valence-electron chi connectivity index (χ1n) is 12.5. The maximum Gasteiger partial charge on any atom is 0.220 e. The summed E-state index contributed by atoms with van der Waals surface area (Å²) >= 11 is 0. The first-order chi connectivity index (χ1) is 18.8. The summed E-state index contributed by atoms with van der Waals surface area (Å²) < 4.78 is 20.0. The Morgan fingerprint density at radius 2 is 1.79 bits per heavy atom. The van der Waals surface area contributed by atoms with Crippen LogP contribution in [-0.4, -0.2) is 74.8 Å². The van der Waals surface area contributed by atoms with Crippen molar-refractivity contribution in [3.8, 4) is 22.9 Å². The SMILES string of the molecule is COc1cc(-n2cnc(Nc3nc(C(C)CC(=O)NCCO)nc4c3cnn4C(C)C)c2)cc(OC)c1OC. The number of amides is 1. The van der Waals surface area contributed by atoms with Crippen LogP contribution in [0.2, 0.25) is 0 Å². The minimum Gasteiger partial charge on any atom is -0.493 e. The number of hydrogen-bond donors (Lipinski definition) is 3. The van der Waals surface area contributed by atoms with Gasteiger partial charge < -0.3 is 34.5 Å². The summed E-state index contributed by atoms with van der Waals surface area (Å²) in [6, 6.07) is 3.72. The zero-order chi connectivity index (χ0) is 28.1. The molecule has 3 N–H and O–H groups in total. The van der Waals surface area contributed by atoms with Crippen LogP contribution in [0.1, 0.15) is 45.0 Å². The van der Waals surface area contributed by atoms with E-state index in [2.05, 4.69) is 20.7 Å². The Balaban J connectivity index is 1.68. The molecule has 1 aromatic carbocycles. The fourth-order valence-electron chi connectivity index (χ4n) is 4.14. The van der Waals surface area contributed by atoms with Crippen molar-refractivity contribution < 1.29 is 24.1 Å². The van der Waals surface area contributed by atoms with Crippen LogP contribution in [-0.2, 0) is 4.79 Å². The third-order valence-electron chi connectivity index (χ3n) is 6.10. The van der Waals surface area contributed by atoms with E-state index < -0.39 is 0 Å². The number of fused-ring (bicyclic) bond motifs is 1. The van der Waals surface area contributed by atoms with E-state index in [1.807, 2.05) is 48.3 Å². The second-order valence-electron chi connectivity index (χ2n) is 9.20. The molecule has 1 atom stereocenters. The topological polar surface area (TPSA) is 150 Å². The van der Waals surface area contributed by atoms with Crippen molar-refractivity contribution in [2.45, 2.75) is 39.2 Å². The first-order valence-corrected chi connectivity index (χ1v) is 12.5. The summed E-state index contributed by atoms with van der Waals surface area (Å²) in [6.07, 6.45) is 5.37. The fraction of sp³-hybridized carbons (Fsp3) is 0.423. The number of aliphatic hydroxyl groups excluding tert-OH is 1. The van der Waals surface area contributed by atoms with Crippen LogP contribution in [0.3, 0.4) is 0 Å². The molecule has 0 bridgehead atoms. The fourth-order valence-corrected chi connectivity index (χ4v) is 4.14. The van der Waals surface area contributed by atoms with Crippen LogP contribution in [0.25, 0.3) is 16.7 Å². The summed E-state index contributed by atoms with van der Waals surface area (Å²) in [5.41, 5.74) is 1.41. The van der Waals surface area contributed by atoms with Crippen LogP contribution in [0.4, 0.5) is 11.6 Å². The standard InChI is InChI=1S/C26H34N8O5/c1-15(2)34-26-18(12-29-34)25(31-24(32-26)16(3)9-22(36)27-7-8-35)30-21-13-33(14-28-21)17-10-19(37-4)23(39-6)20(11-17)38-5/h10-16,35H,7-9H2,1-6H3,(H,27,36)(H,30,31,32). The monoisotopic (exact) mass is 538 g/mol. The van der Waals surface area contributed by atoms with Crippen LogP contribution < -0.4 is 24.8 Å². The Kier molecular flexibility index (Phi) is 8.49. The quantitative estimate of drug-likeness (QED) is 0.246. The Bertz CT molecular complexity index is 1420. The lowest BCUT2D eigenvalue weighted by Crippen LogP contribution is -2.27. The Morgan fingerprint density at radius 1 is 1.08 bits per heavy atom. The second-order valence-corrected chi connectivity index (χ2v) is 9.20. The van der Waals surface area contributed by atoms with E-state index in [0.717, 1.165) is 11.1 Å². The van der Waals surface area contributed by atoms with Gasteiger partial charge in [-0.15, -0.1) is 0 Å². The maximum atomic E-state index is 12.3. The highest BCUT2D eigenvalue weighted by Gasteiger charge is 2.21. The minimum absolute atomic E-state index is 0.0699. The van der Waals surface area contributed by atoms with Gasteiger partial charge in [0.15, 0.2) is 17.1 Å². The number of ether oxygens (including phenoxy) is 3. The van der Waals surface area contributed by atoms with Crippen molar-refractivity contribution in [2.24, 2.45) is 0 Å². The van der Waals surface area contributed by atoms with Crippen molar-refractivity contribution >= 4 is 28.6 Å². The molecular weight excluding hydrogens is 504 g/mol. The minimum atomic E-state index is -0.277. The van der Waals surface area contributed by atoms with Gasteiger partial charge in [-0.1, -0.05) is 6.92 Å². The highest BCUT2D eigenvalue weighted by Crippen LogP contribution is 2.39. The molecule has 1 unspecified atom stereocenters. The molecule has 39 heavy (non-hydrogen) atoms. The number of rotatable bonds is 12. The molecule has 0 saturated heterocycles. The molecule has 0 radical (unpaired) electrons. The number of hydrogen-bond acceptors (Lipinski definition) is 10. The Labute approximate surface area is 226 Å². The molecule has 0 aliphatic heterocycles. The van der Waals surface area contributed by atoms with Gasteiger partial charge in [0.25, 0.3) is 0 Å². The lowest BCUT2D eigenvalue weighted by atomic mass is 10.1. The van der Waals surface area contributed by atoms with E-state index in [0.29, 0.717) is 40.4 Å². The molecule has 13 heteroatoms. The number of imidazole rings is 1. The second kappa shape index (κ2) is 12.0. The van der Waals surface area contributed by atoms with Crippen molar-refractivity contribution in [2.75, 3.05) is 39.8 Å². The van der Waals surface area contributed by atoms with Crippen molar-refractivity contribution in [1.82, 2.24) is 34.6 Å². The van der Waals surface area contributed by atoms with Crippen LogP contribution in [0, 0.1) is 0 Å². The predicted molar refractivity (Wildman–Crippen MR) is 145 cm³/mol. The largest absolute Gasteiger partial charge is 0.493 e. The van der Waals surface area contributed by atoms with Crippen LogP contribution >= 0.6 is 0 Å². The van der Waals surface area contributed by atoms with Crippen molar-refractivity contribution in [3.63, 3.8) is 0 Å². The zero-order valence-corrected chi connectivity index (χ0v) is 22.9. The molecule has 3 aromatic heterocycles. The summed E-state index contributed by atoms with van der Waals surface area (Å²) in [5.74, 6) is 2.65. The van der Waals surface area contributed by atoms with Gasteiger partial charge in [-0.2, -0.15) is 5.10 Å². The number of carbonyl (C=O) groups is 1. The lowest BCUT2D eigenvalue weighted by Gasteiger charge is -2.14. The van der Waals surface area contributed by atoms with E-state index in [1.165, 1.54) is 0 Å². The summed E-state index contributed by atoms with van der Waals surface area (Å²) in [4.78, 5) is 26.3. The number of methoxy groups -OCH3 is 3. The molecule has 4 rings (SSSR count). The number of anilines is 2. The van der Waals surface area contributed by atoms with E-state index in [-0.39, 0.29) is 37.4 Å². The molecule has 0 aliphatic carbocycles. The number of benzene rings is 1. The van der Waals surface area contributed by atoms with E-state index in [9.17, 15) is 4.79 Å². The van der Waals surface area contributed by atoms with Crippen LogP contribution in [0.15, 0.2) is 30.9 Å². The molecule has 0 saturated carbocycles. The van der Waals surface area contributed by atoms with E-state index in [1.54, 1.807) is 33.9 Å².